The van der Waals surface area contributed by atoms with Crippen molar-refractivity contribution in [2.45, 2.75) is 6.36 Å². The van der Waals surface area contributed by atoms with E-state index < -0.39 is 6.36 Å². The smallest absolute Gasteiger partial charge is 0.404 e. The summed E-state index contributed by atoms with van der Waals surface area (Å²) in [7, 11) is 0. The molecule has 0 saturated carbocycles. The van der Waals surface area contributed by atoms with Gasteiger partial charge in [0.25, 0.3) is 0 Å². The van der Waals surface area contributed by atoms with Crippen molar-refractivity contribution in [3.63, 3.8) is 0 Å². The summed E-state index contributed by atoms with van der Waals surface area (Å²) in [5.41, 5.74) is 1.21. The van der Waals surface area contributed by atoms with Crippen molar-refractivity contribution in [2.75, 3.05) is 5.32 Å². The van der Waals surface area contributed by atoms with Crippen LogP contribution in [0.2, 0.25) is 0 Å². The van der Waals surface area contributed by atoms with Crippen LogP contribution in [-0.4, -0.2) is 6.36 Å². The number of halogens is 3. The molecule has 0 aliphatic carbocycles. The third-order valence-corrected chi connectivity index (χ3v) is 2.41. The first kappa shape index (κ1) is 13.7. The fourth-order valence-electron chi connectivity index (χ4n) is 1.57. The molecule has 0 spiro atoms. The Balaban J connectivity index is 2.22. The van der Waals surface area contributed by atoms with Gasteiger partial charge in [-0.25, -0.2) is 0 Å². The molecular weight excluding hydrogens is 269 g/mol. The Morgan fingerprint density at radius 1 is 1.00 bits per heavy atom. The summed E-state index contributed by atoms with van der Waals surface area (Å²) in [6.45, 7) is 0. The molecule has 0 atom stereocenters. The molecule has 0 amide bonds. The molecule has 0 aliphatic rings. The number of nitrogens with one attached hydrogen (secondary N) is 1. The van der Waals surface area contributed by atoms with Gasteiger partial charge >= 0.3 is 6.36 Å². The first-order chi connectivity index (χ1) is 9.48. The Morgan fingerprint density at radius 2 is 1.65 bits per heavy atom. The van der Waals surface area contributed by atoms with E-state index in [0.29, 0.717) is 11.3 Å². The van der Waals surface area contributed by atoms with Gasteiger partial charge in [0.2, 0.25) is 0 Å². The summed E-state index contributed by atoms with van der Waals surface area (Å²) >= 11 is 0. The molecule has 0 aliphatic heterocycles. The highest BCUT2D eigenvalue weighted by Gasteiger charge is 2.32. The molecular formula is C14H9F3N2O. The summed E-state index contributed by atoms with van der Waals surface area (Å²) in [5.74, 6) is -0.315. The van der Waals surface area contributed by atoms with Crippen LogP contribution in [0.25, 0.3) is 0 Å². The van der Waals surface area contributed by atoms with E-state index in [4.69, 9.17) is 5.26 Å². The molecule has 0 fully saturated rings. The van der Waals surface area contributed by atoms with Crippen LogP contribution < -0.4 is 10.1 Å². The van der Waals surface area contributed by atoms with Gasteiger partial charge in [0.15, 0.2) is 5.75 Å². The van der Waals surface area contributed by atoms with Crippen molar-refractivity contribution >= 4 is 11.4 Å². The molecule has 2 rings (SSSR count). The predicted molar refractivity (Wildman–Crippen MR) is 67.6 cm³/mol. The van der Waals surface area contributed by atoms with Gasteiger partial charge in [-0.15, -0.1) is 13.2 Å². The lowest BCUT2D eigenvalue weighted by Gasteiger charge is -2.14. The van der Waals surface area contributed by atoms with Crippen LogP contribution in [0.5, 0.6) is 5.75 Å². The SMILES string of the molecule is N#Cc1ccc(Nc2ccccc2OC(F)(F)F)cc1. The predicted octanol–water partition coefficient (Wildman–Crippen LogP) is 4.20. The molecule has 1 N–H and O–H groups in total. The number of alkyl halides is 3. The molecule has 2 aromatic carbocycles. The number of ether oxygens (including phenoxy) is 1. The van der Waals surface area contributed by atoms with E-state index in [0.717, 1.165) is 0 Å². The lowest BCUT2D eigenvalue weighted by atomic mass is 10.2. The van der Waals surface area contributed by atoms with Crippen LogP contribution in [0.3, 0.4) is 0 Å². The van der Waals surface area contributed by atoms with Crippen molar-refractivity contribution < 1.29 is 17.9 Å². The lowest BCUT2D eigenvalue weighted by Crippen LogP contribution is -2.17. The summed E-state index contributed by atoms with van der Waals surface area (Å²) in [6, 6.07) is 14.0. The Labute approximate surface area is 113 Å². The van der Waals surface area contributed by atoms with Crippen LogP contribution in [0.15, 0.2) is 48.5 Å². The topological polar surface area (TPSA) is 45.0 Å². The first-order valence-electron chi connectivity index (χ1n) is 5.60. The van der Waals surface area contributed by atoms with Crippen LogP contribution in [0, 0.1) is 11.3 Å². The fourth-order valence-corrected chi connectivity index (χ4v) is 1.57. The number of anilines is 2. The van der Waals surface area contributed by atoms with Gasteiger partial charge in [0.1, 0.15) is 0 Å². The second kappa shape index (κ2) is 5.53. The highest BCUT2D eigenvalue weighted by Crippen LogP contribution is 2.31. The van der Waals surface area contributed by atoms with E-state index in [1.165, 1.54) is 18.2 Å². The van der Waals surface area contributed by atoms with E-state index in [1.807, 2.05) is 6.07 Å². The van der Waals surface area contributed by atoms with Gasteiger partial charge in [-0.05, 0) is 36.4 Å². The fraction of sp³-hybridized carbons (Fsp3) is 0.0714. The molecule has 6 heteroatoms. The van der Waals surface area contributed by atoms with Crippen LogP contribution in [-0.2, 0) is 0 Å². The van der Waals surface area contributed by atoms with E-state index in [-0.39, 0.29) is 11.4 Å². The van der Waals surface area contributed by atoms with Crippen molar-refractivity contribution in [1.29, 1.82) is 5.26 Å². The Bertz CT molecular complexity index is 630. The van der Waals surface area contributed by atoms with Gasteiger partial charge < -0.3 is 10.1 Å². The van der Waals surface area contributed by atoms with E-state index in [2.05, 4.69) is 10.1 Å². The molecule has 0 radical (unpaired) electrons. The van der Waals surface area contributed by atoms with Crippen LogP contribution >= 0.6 is 0 Å². The number of nitrogens with zero attached hydrogens (tertiary/aromatic N) is 1. The molecule has 0 bridgehead atoms. The normalized spacial score (nSPS) is 10.7. The third kappa shape index (κ3) is 3.65. The van der Waals surface area contributed by atoms with E-state index in [9.17, 15) is 13.2 Å². The average molecular weight is 278 g/mol. The maximum absolute atomic E-state index is 12.3. The minimum atomic E-state index is -4.75. The third-order valence-electron chi connectivity index (χ3n) is 2.41. The molecule has 2 aromatic rings. The Morgan fingerprint density at radius 3 is 2.25 bits per heavy atom. The van der Waals surface area contributed by atoms with Gasteiger partial charge in [0, 0.05) is 5.69 Å². The van der Waals surface area contributed by atoms with Crippen molar-refractivity contribution in [1.82, 2.24) is 0 Å². The molecule has 20 heavy (non-hydrogen) atoms. The summed E-state index contributed by atoms with van der Waals surface area (Å²) in [6.07, 6.45) is -4.75. The second-order valence-corrected chi connectivity index (χ2v) is 3.86. The highest BCUT2D eigenvalue weighted by atomic mass is 19.4. The number of rotatable bonds is 3. The highest BCUT2D eigenvalue weighted by molar-refractivity contribution is 5.66. The number of para-hydroxylation sites is 2. The molecule has 0 unspecified atom stereocenters. The lowest BCUT2D eigenvalue weighted by molar-refractivity contribution is -0.274. The quantitative estimate of drug-likeness (QED) is 0.915. The Kier molecular flexibility index (Phi) is 3.80. The minimum Gasteiger partial charge on any atom is -0.404 e. The largest absolute Gasteiger partial charge is 0.573 e. The summed E-state index contributed by atoms with van der Waals surface area (Å²) in [4.78, 5) is 0. The van der Waals surface area contributed by atoms with Crippen LogP contribution in [0.1, 0.15) is 5.56 Å². The number of hydrogen-bond acceptors (Lipinski definition) is 3. The summed E-state index contributed by atoms with van der Waals surface area (Å²) < 4.78 is 40.8. The molecule has 3 nitrogen and oxygen atoms in total. The van der Waals surface area contributed by atoms with Gasteiger partial charge in [-0.2, -0.15) is 5.26 Å². The number of hydrogen-bond donors (Lipinski definition) is 1. The monoisotopic (exact) mass is 278 g/mol. The van der Waals surface area contributed by atoms with E-state index >= 15 is 0 Å². The van der Waals surface area contributed by atoms with Gasteiger partial charge in [-0.1, -0.05) is 12.1 Å². The molecule has 102 valence electrons. The maximum atomic E-state index is 12.3. The van der Waals surface area contributed by atoms with Crippen LogP contribution in [0.4, 0.5) is 24.5 Å². The zero-order valence-corrected chi connectivity index (χ0v) is 10.1. The minimum absolute atomic E-state index is 0.189. The maximum Gasteiger partial charge on any atom is 0.573 e. The molecule has 0 aromatic heterocycles. The first-order valence-corrected chi connectivity index (χ1v) is 5.60. The van der Waals surface area contributed by atoms with Gasteiger partial charge in [-0.3, -0.25) is 0 Å². The average Bonchev–Trinajstić information content (AvgIpc) is 2.40. The molecule has 0 heterocycles. The van der Waals surface area contributed by atoms with Gasteiger partial charge in [0.05, 0.1) is 17.3 Å². The second-order valence-electron chi connectivity index (χ2n) is 3.86. The zero-order chi connectivity index (χ0) is 14.6. The number of benzene rings is 2. The van der Waals surface area contributed by atoms with Crippen molar-refractivity contribution in [2.24, 2.45) is 0 Å². The van der Waals surface area contributed by atoms with E-state index in [1.54, 1.807) is 30.3 Å². The molecule has 0 saturated heterocycles. The summed E-state index contributed by atoms with van der Waals surface area (Å²) in [5, 5.41) is 11.5. The zero-order valence-electron chi connectivity index (χ0n) is 10.1. The van der Waals surface area contributed by atoms with Crippen molar-refractivity contribution in [3.05, 3.63) is 54.1 Å². The van der Waals surface area contributed by atoms with Crippen molar-refractivity contribution in [3.8, 4) is 11.8 Å². The number of nitriles is 1. The standard InChI is InChI=1S/C14H9F3N2O/c15-14(16,17)20-13-4-2-1-3-12(13)19-11-7-5-10(9-18)6-8-11/h1-8,19H. The Hall–Kier alpha value is -2.68.